The fraction of sp³-hybridized carbons (Fsp3) is 0.368. The fourth-order valence-corrected chi connectivity index (χ4v) is 6.78. The quantitative estimate of drug-likeness (QED) is 0.454. The topological polar surface area (TPSA) is 93.9 Å². The van der Waals surface area contributed by atoms with E-state index in [9.17, 15) is 8.42 Å². The van der Waals surface area contributed by atoms with Crippen LogP contribution >= 0.6 is 23.1 Å². The third kappa shape index (κ3) is 3.55. The third-order valence-corrected chi connectivity index (χ3v) is 8.73. The maximum absolute atomic E-state index is 13.2. The van der Waals surface area contributed by atoms with Gasteiger partial charge in [-0.1, -0.05) is 6.07 Å². The lowest BCUT2D eigenvalue weighted by Gasteiger charge is -2.31. The molecule has 1 aromatic carbocycles. The molecule has 0 bridgehead atoms. The molecule has 3 aromatic heterocycles. The molecule has 0 radical (unpaired) electrons. The minimum Gasteiger partial charge on any atom is -0.329 e. The molecule has 0 amide bonds. The van der Waals surface area contributed by atoms with Crippen molar-refractivity contribution in [3.63, 3.8) is 0 Å². The molecule has 0 saturated carbocycles. The van der Waals surface area contributed by atoms with E-state index in [1.165, 1.54) is 0 Å². The van der Waals surface area contributed by atoms with E-state index in [2.05, 4.69) is 28.7 Å². The number of hydrogen-bond acceptors (Lipinski definition) is 8. The number of aryl methyl sites for hydroxylation is 1. The van der Waals surface area contributed by atoms with Gasteiger partial charge in [-0.15, -0.1) is 11.3 Å². The van der Waals surface area contributed by atoms with Crippen LogP contribution in [-0.2, 0) is 16.6 Å². The van der Waals surface area contributed by atoms with E-state index in [0.29, 0.717) is 30.7 Å². The number of nitrogens with zero attached hydrogens (tertiary/aromatic N) is 6. The van der Waals surface area contributed by atoms with Crippen LogP contribution in [0.5, 0.6) is 0 Å². The summed E-state index contributed by atoms with van der Waals surface area (Å²) in [5.74, 6) is 1.23. The van der Waals surface area contributed by atoms with Gasteiger partial charge in [-0.2, -0.15) is 13.1 Å². The fourth-order valence-electron chi connectivity index (χ4n) is 3.95. The van der Waals surface area contributed by atoms with Crippen molar-refractivity contribution < 1.29 is 8.42 Å². The summed E-state index contributed by atoms with van der Waals surface area (Å²) in [6.07, 6.45) is 5.26. The maximum atomic E-state index is 13.2. The van der Waals surface area contributed by atoms with E-state index in [4.69, 9.17) is 0 Å². The smallest absolute Gasteiger partial charge is 0.245 e. The Labute approximate surface area is 182 Å². The average Bonchev–Trinajstić information content (AvgIpc) is 3.49. The van der Waals surface area contributed by atoms with E-state index in [1.807, 2.05) is 19.3 Å². The highest BCUT2D eigenvalue weighted by Crippen LogP contribution is 2.32. The van der Waals surface area contributed by atoms with Gasteiger partial charge in [-0.25, -0.2) is 18.4 Å². The van der Waals surface area contributed by atoms with Gasteiger partial charge >= 0.3 is 0 Å². The van der Waals surface area contributed by atoms with E-state index < -0.39 is 10.0 Å². The number of fused-ring (bicyclic) bond motifs is 1. The Hall–Kier alpha value is -2.21. The van der Waals surface area contributed by atoms with Crippen LogP contribution in [0.3, 0.4) is 0 Å². The van der Waals surface area contributed by atoms with E-state index in [0.717, 1.165) is 41.1 Å². The second-order valence-corrected chi connectivity index (χ2v) is 10.8. The summed E-state index contributed by atoms with van der Waals surface area (Å²) < 4.78 is 38.5. The highest BCUT2D eigenvalue weighted by Gasteiger charge is 2.33. The Bertz CT molecular complexity index is 1280. The number of aromatic nitrogens is 5. The SMILES string of the molecule is Cc1nc(Cn2ccnc2C2CCN(S(=O)(=O)c3cccc4nsnc34)CC2)cs1. The zero-order chi connectivity index (χ0) is 20.7. The zero-order valence-electron chi connectivity index (χ0n) is 16.3. The second-order valence-electron chi connectivity index (χ2n) is 7.34. The molecule has 0 spiro atoms. The zero-order valence-corrected chi connectivity index (χ0v) is 18.8. The van der Waals surface area contributed by atoms with Crippen molar-refractivity contribution in [1.82, 2.24) is 27.6 Å². The number of rotatable bonds is 5. The summed E-state index contributed by atoms with van der Waals surface area (Å²) in [5.41, 5.74) is 2.11. The van der Waals surface area contributed by atoms with Gasteiger partial charge < -0.3 is 4.57 Å². The molecule has 1 fully saturated rings. The first-order valence-electron chi connectivity index (χ1n) is 9.66. The summed E-state index contributed by atoms with van der Waals surface area (Å²) in [6, 6.07) is 5.13. The van der Waals surface area contributed by atoms with E-state index >= 15 is 0 Å². The van der Waals surface area contributed by atoms with Crippen molar-refractivity contribution >= 4 is 44.1 Å². The standard InChI is InChI=1S/C19H20N6O2S3/c1-13-21-15(12-28-13)11-24-10-7-20-19(24)14-5-8-25(9-6-14)30(26,27)17-4-2-3-16-18(17)23-29-22-16/h2-4,7,10,12,14H,5-6,8-9,11H2,1H3. The highest BCUT2D eigenvalue weighted by atomic mass is 32.2. The molecular weight excluding hydrogens is 440 g/mol. The van der Waals surface area contributed by atoms with Gasteiger partial charge in [-0.05, 0) is 31.9 Å². The highest BCUT2D eigenvalue weighted by molar-refractivity contribution is 7.89. The Balaban J connectivity index is 1.32. The molecule has 0 atom stereocenters. The number of piperidine rings is 1. The first kappa shape index (κ1) is 19.7. The Morgan fingerprint density at radius 3 is 2.80 bits per heavy atom. The monoisotopic (exact) mass is 460 g/mol. The van der Waals surface area contributed by atoms with Crippen molar-refractivity contribution in [2.24, 2.45) is 0 Å². The summed E-state index contributed by atoms with van der Waals surface area (Å²) >= 11 is 2.68. The van der Waals surface area contributed by atoms with Crippen LogP contribution in [0.25, 0.3) is 11.0 Å². The van der Waals surface area contributed by atoms with E-state index in [-0.39, 0.29) is 10.8 Å². The Morgan fingerprint density at radius 1 is 1.20 bits per heavy atom. The summed E-state index contributed by atoms with van der Waals surface area (Å²) in [4.78, 5) is 9.36. The maximum Gasteiger partial charge on any atom is 0.245 e. The lowest BCUT2D eigenvalue weighted by molar-refractivity contribution is 0.310. The van der Waals surface area contributed by atoms with Crippen LogP contribution in [0.2, 0.25) is 0 Å². The van der Waals surface area contributed by atoms with Gasteiger partial charge in [0.1, 0.15) is 21.8 Å². The van der Waals surface area contributed by atoms with Gasteiger partial charge in [0, 0.05) is 36.8 Å². The van der Waals surface area contributed by atoms with Crippen molar-refractivity contribution in [3.05, 3.63) is 52.5 Å². The van der Waals surface area contributed by atoms with Crippen molar-refractivity contribution in [1.29, 1.82) is 0 Å². The van der Waals surface area contributed by atoms with Crippen molar-refractivity contribution in [2.75, 3.05) is 13.1 Å². The minimum atomic E-state index is -3.61. The largest absolute Gasteiger partial charge is 0.329 e. The molecular formula is C19H20N6O2S3. The molecule has 1 aliphatic rings. The van der Waals surface area contributed by atoms with Crippen LogP contribution in [-0.4, -0.2) is 49.1 Å². The third-order valence-electron chi connectivity index (χ3n) is 5.43. The van der Waals surface area contributed by atoms with Gasteiger partial charge in [0.05, 0.1) is 29.0 Å². The van der Waals surface area contributed by atoms with Gasteiger partial charge in [0.25, 0.3) is 0 Å². The molecule has 8 nitrogen and oxygen atoms in total. The molecule has 11 heteroatoms. The van der Waals surface area contributed by atoms with Gasteiger partial charge in [0.15, 0.2) is 0 Å². The summed E-state index contributed by atoms with van der Waals surface area (Å²) in [5, 5.41) is 3.12. The Morgan fingerprint density at radius 2 is 2.03 bits per heavy atom. The predicted octanol–water partition coefficient (Wildman–Crippen LogP) is 3.27. The van der Waals surface area contributed by atoms with Gasteiger partial charge in [0.2, 0.25) is 10.0 Å². The molecule has 4 heterocycles. The molecule has 30 heavy (non-hydrogen) atoms. The van der Waals surface area contributed by atoms with Crippen LogP contribution in [0.4, 0.5) is 0 Å². The Kier molecular flexibility index (Phi) is 5.13. The molecule has 0 N–H and O–H groups in total. The molecule has 5 rings (SSSR count). The molecule has 4 aromatic rings. The summed E-state index contributed by atoms with van der Waals surface area (Å²) in [6.45, 7) is 3.62. The number of benzene rings is 1. The number of thiazole rings is 1. The predicted molar refractivity (Wildman–Crippen MR) is 116 cm³/mol. The van der Waals surface area contributed by atoms with Gasteiger partial charge in [-0.3, -0.25) is 0 Å². The van der Waals surface area contributed by atoms with Crippen LogP contribution < -0.4 is 0 Å². The molecule has 0 aliphatic carbocycles. The lowest BCUT2D eigenvalue weighted by Crippen LogP contribution is -2.38. The molecule has 1 saturated heterocycles. The first-order valence-corrected chi connectivity index (χ1v) is 12.7. The normalized spacial score (nSPS) is 16.4. The second kappa shape index (κ2) is 7.80. The summed E-state index contributed by atoms with van der Waals surface area (Å²) in [7, 11) is -3.61. The molecule has 0 unspecified atom stereocenters. The first-order chi connectivity index (χ1) is 14.5. The average molecular weight is 461 g/mol. The van der Waals surface area contributed by atoms with Crippen LogP contribution in [0.15, 0.2) is 40.9 Å². The lowest BCUT2D eigenvalue weighted by atomic mass is 9.97. The van der Waals surface area contributed by atoms with Crippen molar-refractivity contribution in [3.8, 4) is 0 Å². The minimum absolute atomic E-state index is 0.225. The van der Waals surface area contributed by atoms with Crippen LogP contribution in [0.1, 0.15) is 35.3 Å². The molecule has 1 aliphatic heterocycles. The van der Waals surface area contributed by atoms with Crippen LogP contribution in [0, 0.1) is 6.92 Å². The number of hydrogen-bond donors (Lipinski definition) is 0. The van der Waals surface area contributed by atoms with Crippen molar-refractivity contribution in [2.45, 2.75) is 37.1 Å². The molecule has 156 valence electrons. The number of imidazole rings is 1. The number of sulfonamides is 1. The van der Waals surface area contributed by atoms with E-state index in [1.54, 1.807) is 33.8 Å².